The van der Waals surface area contributed by atoms with Gasteiger partial charge >= 0.3 is 5.97 Å². The molecule has 0 bridgehead atoms. The summed E-state index contributed by atoms with van der Waals surface area (Å²) in [6.45, 7) is 11.7. The van der Waals surface area contributed by atoms with E-state index in [1.54, 1.807) is 0 Å². The monoisotopic (exact) mass is 278 g/mol. The van der Waals surface area contributed by atoms with Crippen LogP contribution in [0.5, 0.6) is 0 Å². The van der Waals surface area contributed by atoms with E-state index in [1.807, 2.05) is 24.3 Å². The third-order valence-electron chi connectivity index (χ3n) is 3.41. The Morgan fingerprint density at radius 2 is 1.79 bits per heavy atom. The maximum absolute atomic E-state index is 11.9. The fourth-order valence-electron chi connectivity index (χ4n) is 1.72. The van der Waals surface area contributed by atoms with Gasteiger partial charge in [0.1, 0.15) is 0 Å². The second-order valence-corrected chi connectivity index (χ2v) is 12.0. The second kappa shape index (κ2) is 6.90. The van der Waals surface area contributed by atoms with Crippen molar-refractivity contribution in [2.75, 3.05) is 6.61 Å². The molecule has 1 rings (SSSR count). The largest absolute Gasteiger partial charge is 0.462 e. The first-order chi connectivity index (χ1) is 8.83. The van der Waals surface area contributed by atoms with Crippen molar-refractivity contribution in [3.8, 4) is 0 Å². The highest BCUT2D eigenvalue weighted by atomic mass is 28.3. The number of hydrogen-bond acceptors (Lipinski definition) is 2. The Kier molecular flexibility index (Phi) is 5.79. The molecule has 0 aromatic heterocycles. The summed E-state index contributed by atoms with van der Waals surface area (Å²) in [4.78, 5) is 11.9. The number of benzene rings is 1. The molecule has 1 aromatic rings. The summed E-state index contributed by atoms with van der Waals surface area (Å²) >= 11 is 0. The average Bonchev–Trinajstić information content (AvgIpc) is 2.36. The average molecular weight is 278 g/mol. The SMILES string of the molecule is CCC(C)c1ccc(C(=O)OCC[Si](C)(C)C)cc1. The Bertz CT molecular complexity index is 404. The molecule has 0 aliphatic carbocycles. The van der Waals surface area contributed by atoms with Crippen LogP contribution < -0.4 is 0 Å². The van der Waals surface area contributed by atoms with Crippen LogP contribution in [0.1, 0.15) is 42.1 Å². The minimum atomic E-state index is -1.13. The lowest BCUT2D eigenvalue weighted by Crippen LogP contribution is -2.22. The van der Waals surface area contributed by atoms with Crippen LogP contribution in [0.2, 0.25) is 25.7 Å². The third-order valence-corrected chi connectivity index (χ3v) is 5.12. The van der Waals surface area contributed by atoms with Crippen LogP contribution in [0.3, 0.4) is 0 Å². The first kappa shape index (κ1) is 16.0. The van der Waals surface area contributed by atoms with E-state index in [9.17, 15) is 4.79 Å². The van der Waals surface area contributed by atoms with Gasteiger partial charge in [-0.2, -0.15) is 0 Å². The molecule has 1 unspecified atom stereocenters. The van der Waals surface area contributed by atoms with Crippen molar-refractivity contribution in [3.63, 3.8) is 0 Å². The highest BCUT2D eigenvalue weighted by Gasteiger charge is 2.14. The molecular weight excluding hydrogens is 252 g/mol. The number of esters is 1. The van der Waals surface area contributed by atoms with E-state index in [0.717, 1.165) is 12.5 Å². The van der Waals surface area contributed by atoms with Crippen molar-refractivity contribution in [1.29, 1.82) is 0 Å². The Morgan fingerprint density at radius 1 is 1.21 bits per heavy atom. The van der Waals surface area contributed by atoms with Crippen LogP contribution in [0.4, 0.5) is 0 Å². The van der Waals surface area contributed by atoms with Crippen molar-refractivity contribution in [3.05, 3.63) is 35.4 Å². The number of carbonyl (C=O) groups is 1. The van der Waals surface area contributed by atoms with Gasteiger partial charge in [-0.05, 0) is 36.1 Å². The van der Waals surface area contributed by atoms with E-state index in [0.29, 0.717) is 18.1 Å². The summed E-state index contributed by atoms with van der Waals surface area (Å²) in [6.07, 6.45) is 1.11. The molecule has 0 amide bonds. The molecule has 0 saturated heterocycles. The Hall–Kier alpha value is -1.09. The van der Waals surface area contributed by atoms with Crippen molar-refractivity contribution in [2.24, 2.45) is 0 Å². The standard InChI is InChI=1S/C16H26O2Si/c1-6-13(2)14-7-9-15(10-8-14)16(17)18-11-12-19(3,4)5/h7-10,13H,6,11-12H2,1-5H3. The molecule has 1 aromatic carbocycles. The Morgan fingerprint density at radius 3 is 2.26 bits per heavy atom. The second-order valence-electron chi connectivity index (χ2n) is 6.38. The summed E-state index contributed by atoms with van der Waals surface area (Å²) < 4.78 is 5.33. The van der Waals surface area contributed by atoms with Crippen LogP contribution in [0.15, 0.2) is 24.3 Å². The molecule has 1 atom stereocenters. The van der Waals surface area contributed by atoms with Crippen molar-refractivity contribution < 1.29 is 9.53 Å². The van der Waals surface area contributed by atoms with Gasteiger partial charge in [-0.25, -0.2) is 4.79 Å². The molecule has 2 nitrogen and oxygen atoms in total. The van der Waals surface area contributed by atoms with E-state index in [2.05, 4.69) is 33.5 Å². The first-order valence-electron chi connectivity index (χ1n) is 7.10. The van der Waals surface area contributed by atoms with Crippen LogP contribution in [0.25, 0.3) is 0 Å². The smallest absolute Gasteiger partial charge is 0.338 e. The highest BCUT2D eigenvalue weighted by Crippen LogP contribution is 2.19. The fourth-order valence-corrected chi connectivity index (χ4v) is 2.43. The maximum atomic E-state index is 11.9. The molecule has 19 heavy (non-hydrogen) atoms. The molecule has 0 N–H and O–H groups in total. The molecule has 0 saturated carbocycles. The molecule has 0 heterocycles. The van der Waals surface area contributed by atoms with Gasteiger partial charge in [0, 0.05) is 8.07 Å². The van der Waals surface area contributed by atoms with Crippen LogP contribution >= 0.6 is 0 Å². The lowest BCUT2D eigenvalue weighted by molar-refractivity contribution is 0.0525. The van der Waals surface area contributed by atoms with Crippen molar-refractivity contribution in [1.82, 2.24) is 0 Å². The van der Waals surface area contributed by atoms with E-state index < -0.39 is 8.07 Å². The molecule has 0 fully saturated rings. The van der Waals surface area contributed by atoms with Crippen LogP contribution in [-0.2, 0) is 4.74 Å². The Labute approximate surface area is 118 Å². The highest BCUT2D eigenvalue weighted by molar-refractivity contribution is 6.76. The number of carbonyl (C=O) groups excluding carboxylic acids is 1. The molecule has 0 aliphatic heterocycles. The summed E-state index contributed by atoms with van der Waals surface area (Å²) in [7, 11) is -1.13. The maximum Gasteiger partial charge on any atom is 0.338 e. The zero-order valence-electron chi connectivity index (χ0n) is 12.8. The summed E-state index contributed by atoms with van der Waals surface area (Å²) in [5.74, 6) is 0.339. The van der Waals surface area contributed by atoms with E-state index in [-0.39, 0.29) is 5.97 Å². The number of ether oxygens (including phenoxy) is 1. The van der Waals surface area contributed by atoms with Gasteiger partial charge in [0.2, 0.25) is 0 Å². The predicted molar refractivity (Wildman–Crippen MR) is 83.6 cm³/mol. The van der Waals surface area contributed by atoms with Gasteiger partial charge in [-0.1, -0.05) is 45.6 Å². The quantitative estimate of drug-likeness (QED) is 0.557. The van der Waals surface area contributed by atoms with E-state index in [1.165, 1.54) is 5.56 Å². The predicted octanol–water partition coefficient (Wildman–Crippen LogP) is 4.70. The van der Waals surface area contributed by atoms with Crippen molar-refractivity contribution >= 4 is 14.0 Å². The zero-order chi connectivity index (χ0) is 14.5. The number of hydrogen-bond donors (Lipinski definition) is 0. The van der Waals surface area contributed by atoms with Crippen LogP contribution in [-0.4, -0.2) is 20.7 Å². The van der Waals surface area contributed by atoms with E-state index in [4.69, 9.17) is 4.74 Å². The first-order valence-corrected chi connectivity index (χ1v) is 10.8. The number of rotatable bonds is 6. The summed E-state index contributed by atoms with van der Waals surface area (Å²) in [5, 5.41) is 0. The third kappa shape index (κ3) is 5.60. The van der Waals surface area contributed by atoms with Gasteiger partial charge in [0.05, 0.1) is 12.2 Å². The molecular formula is C16H26O2Si. The topological polar surface area (TPSA) is 26.3 Å². The minimum Gasteiger partial charge on any atom is -0.462 e. The lowest BCUT2D eigenvalue weighted by atomic mass is 9.98. The zero-order valence-corrected chi connectivity index (χ0v) is 13.8. The lowest BCUT2D eigenvalue weighted by Gasteiger charge is -2.15. The van der Waals surface area contributed by atoms with Gasteiger partial charge in [0.15, 0.2) is 0 Å². The summed E-state index contributed by atoms with van der Waals surface area (Å²) in [5.41, 5.74) is 1.93. The molecule has 0 aliphatic rings. The van der Waals surface area contributed by atoms with Gasteiger partial charge < -0.3 is 4.74 Å². The van der Waals surface area contributed by atoms with Crippen molar-refractivity contribution in [2.45, 2.75) is 51.9 Å². The molecule has 0 spiro atoms. The van der Waals surface area contributed by atoms with Gasteiger partial charge in [-0.15, -0.1) is 0 Å². The fraction of sp³-hybridized carbons (Fsp3) is 0.562. The molecule has 106 valence electrons. The van der Waals surface area contributed by atoms with Gasteiger partial charge in [0.25, 0.3) is 0 Å². The van der Waals surface area contributed by atoms with E-state index >= 15 is 0 Å². The van der Waals surface area contributed by atoms with Crippen LogP contribution in [0, 0.1) is 0 Å². The van der Waals surface area contributed by atoms with Gasteiger partial charge in [-0.3, -0.25) is 0 Å². The molecule has 0 radical (unpaired) electrons. The Balaban J connectivity index is 2.54. The summed E-state index contributed by atoms with van der Waals surface area (Å²) in [6, 6.07) is 8.83. The normalized spacial score (nSPS) is 13.1. The minimum absolute atomic E-state index is 0.200. The molecule has 3 heteroatoms.